The molecule has 2 aliphatic rings. The highest BCUT2D eigenvalue weighted by atomic mass is 16.5. The van der Waals surface area contributed by atoms with Crippen LogP contribution in [0.3, 0.4) is 0 Å². The molecule has 6 heteroatoms. The molecule has 2 atom stereocenters. The number of hydrogen-bond donors (Lipinski definition) is 0. The molecule has 1 aliphatic heterocycles. The van der Waals surface area contributed by atoms with Gasteiger partial charge in [0.15, 0.2) is 5.82 Å². The fourth-order valence-electron chi connectivity index (χ4n) is 4.55. The lowest BCUT2D eigenvalue weighted by Crippen LogP contribution is -2.33. The maximum absolute atomic E-state index is 5.58. The minimum absolute atomic E-state index is 0.0936. The highest BCUT2D eigenvalue weighted by Gasteiger charge is 2.53. The Bertz CT molecular complexity index is 706. The third kappa shape index (κ3) is 2.49. The molecule has 1 saturated heterocycles. The molecular formula is C17H25N5O. The predicted octanol–water partition coefficient (Wildman–Crippen LogP) is 2.25. The van der Waals surface area contributed by atoms with Crippen LogP contribution in [0.25, 0.3) is 0 Å². The van der Waals surface area contributed by atoms with Crippen molar-refractivity contribution in [1.82, 2.24) is 24.8 Å². The van der Waals surface area contributed by atoms with Gasteiger partial charge in [0.2, 0.25) is 5.89 Å². The van der Waals surface area contributed by atoms with E-state index in [0.717, 1.165) is 43.6 Å². The van der Waals surface area contributed by atoms with Crippen LogP contribution in [0.1, 0.15) is 42.4 Å². The summed E-state index contributed by atoms with van der Waals surface area (Å²) in [7, 11) is 0. The second-order valence-electron chi connectivity index (χ2n) is 7.28. The first-order valence-corrected chi connectivity index (χ1v) is 8.61. The number of rotatable bonds is 4. The molecular weight excluding hydrogens is 290 g/mol. The van der Waals surface area contributed by atoms with Gasteiger partial charge < -0.3 is 9.42 Å². The fraction of sp³-hybridized carbons (Fsp3) is 0.706. The van der Waals surface area contributed by atoms with E-state index >= 15 is 0 Å². The van der Waals surface area contributed by atoms with Gasteiger partial charge in [-0.1, -0.05) is 11.6 Å². The van der Waals surface area contributed by atoms with Crippen LogP contribution >= 0.6 is 0 Å². The van der Waals surface area contributed by atoms with E-state index in [1.165, 1.54) is 25.0 Å². The Kier molecular flexibility index (Phi) is 3.52. The van der Waals surface area contributed by atoms with Gasteiger partial charge in [-0.05, 0) is 45.6 Å². The molecule has 4 rings (SSSR count). The first-order valence-electron chi connectivity index (χ1n) is 8.61. The van der Waals surface area contributed by atoms with Gasteiger partial charge in [0.05, 0.1) is 17.7 Å². The summed E-state index contributed by atoms with van der Waals surface area (Å²) in [5.41, 5.74) is 2.43. The number of nitrogens with zero attached hydrogens (tertiary/aromatic N) is 5. The third-order valence-electron chi connectivity index (χ3n) is 5.63. The average Bonchev–Trinajstić information content (AvgIpc) is 3.20. The number of aryl methyl sites for hydroxylation is 3. The number of fused-ring (bicyclic) bond motifs is 1. The van der Waals surface area contributed by atoms with E-state index in [1.54, 1.807) is 0 Å². The standard InChI is InChI=1S/C17H25N5O/c1-12-9-13(2)22(19-12)8-7-21-10-15-5-4-6-17(15,11-21)16-18-14(3)20-23-16/h9,15H,4-8,10-11H2,1-3H3/t15-,17-/m0/s1. The molecule has 0 radical (unpaired) electrons. The summed E-state index contributed by atoms with van der Waals surface area (Å²) in [5.74, 6) is 2.27. The van der Waals surface area contributed by atoms with Gasteiger partial charge in [0.1, 0.15) is 0 Å². The Morgan fingerprint density at radius 2 is 2.17 bits per heavy atom. The molecule has 23 heavy (non-hydrogen) atoms. The summed E-state index contributed by atoms with van der Waals surface area (Å²) >= 11 is 0. The summed E-state index contributed by atoms with van der Waals surface area (Å²) in [6, 6.07) is 2.14. The molecule has 2 aromatic heterocycles. The topological polar surface area (TPSA) is 60.0 Å². The quantitative estimate of drug-likeness (QED) is 0.866. The smallest absolute Gasteiger partial charge is 0.234 e. The van der Waals surface area contributed by atoms with E-state index in [-0.39, 0.29) is 5.41 Å². The summed E-state index contributed by atoms with van der Waals surface area (Å²) in [6.07, 6.45) is 3.73. The molecule has 0 N–H and O–H groups in total. The van der Waals surface area contributed by atoms with Gasteiger partial charge in [0, 0.05) is 25.3 Å². The van der Waals surface area contributed by atoms with Gasteiger partial charge in [-0.15, -0.1) is 0 Å². The monoisotopic (exact) mass is 315 g/mol. The van der Waals surface area contributed by atoms with Crippen LogP contribution in [0, 0.1) is 26.7 Å². The SMILES string of the molecule is Cc1cc(C)n(CCN2C[C@@H]3CCC[C@]3(c3nc(C)no3)C2)n1. The molecule has 6 nitrogen and oxygen atoms in total. The largest absolute Gasteiger partial charge is 0.339 e. The molecule has 1 saturated carbocycles. The van der Waals surface area contributed by atoms with Crippen LogP contribution < -0.4 is 0 Å². The van der Waals surface area contributed by atoms with Crippen LogP contribution in [0.4, 0.5) is 0 Å². The van der Waals surface area contributed by atoms with Crippen LogP contribution in [0.5, 0.6) is 0 Å². The second kappa shape index (κ2) is 5.44. The molecule has 0 bridgehead atoms. The first-order chi connectivity index (χ1) is 11.1. The lowest BCUT2D eigenvalue weighted by Gasteiger charge is -2.24. The zero-order chi connectivity index (χ0) is 16.0. The zero-order valence-electron chi connectivity index (χ0n) is 14.2. The van der Waals surface area contributed by atoms with Crippen molar-refractivity contribution in [2.45, 2.75) is 52.0 Å². The molecule has 3 heterocycles. The van der Waals surface area contributed by atoms with Crippen molar-refractivity contribution in [1.29, 1.82) is 0 Å². The average molecular weight is 315 g/mol. The van der Waals surface area contributed by atoms with E-state index in [2.05, 4.69) is 44.7 Å². The van der Waals surface area contributed by atoms with E-state index in [9.17, 15) is 0 Å². The van der Waals surface area contributed by atoms with Crippen molar-refractivity contribution in [2.24, 2.45) is 5.92 Å². The fourth-order valence-corrected chi connectivity index (χ4v) is 4.55. The van der Waals surface area contributed by atoms with Gasteiger partial charge in [-0.25, -0.2) is 0 Å². The zero-order valence-corrected chi connectivity index (χ0v) is 14.2. The predicted molar refractivity (Wildman–Crippen MR) is 86.2 cm³/mol. The maximum atomic E-state index is 5.58. The van der Waals surface area contributed by atoms with Crippen molar-refractivity contribution < 1.29 is 4.52 Å². The second-order valence-corrected chi connectivity index (χ2v) is 7.28. The Hall–Kier alpha value is -1.69. The molecule has 0 amide bonds. The normalized spacial score (nSPS) is 27.7. The highest BCUT2D eigenvalue weighted by molar-refractivity contribution is 5.17. The molecule has 124 valence electrons. The van der Waals surface area contributed by atoms with Crippen LogP contribution in [0.15, 0.2) is 10.6 Å². The summed E-state index contributed by atoms with van der Waals surface area (Å²) in [6.45, 7) is 10.2. The van der Waals surface area contributed by atoms with Crippen molar-refractivity contribution >= 4 is 0 Å². The van der Waals surface area contributed by atoms with E-state index < -0.39 is 0 Å². The van der Waals surface area contributed by atoms with Crippen LogP contribution in [-0.2, 0) is 12.0 Å². The van der Waals surface area contributed by atoms with E-state index in [4.69, 9.17) is 4.52 Å². The van der Waals surface area contributed by atoms with Crippen LogP contribution in [-0.4, -0.2) is 44.5 Å². The Balaban J connectivity index is 1.48. The van der Waals surface area contributed by atoms with E-state index in [0.29, 0.717) is 5.92 Å². The number of aromatic nitrogens is 4. The molecule has 2 aromatic rings. The Morgan fingerprint density at radius 1 is 1.30 bits per heavy atom. The summed E-state index contributed by atoms with van der Waals surface area (Å²) < 4.78 is 7.70. The van der Waals surface area contributed by atoms with Crippen molar-refractivity contribution in [2.75, 3.05) is 19.6 Å². The minimum atomic E-state index is 0.0936. The molecule has 0 unspecified atom stereocenters. The number of hydrogen-bond acceptors (Lipinski definition) is 5. The molecule has 1 aliphatic carbocycles. The summed E-state index contributed by atoms with van der Waals surface area (Å²) in [5, 5.41) is 8.60. The highest BCUT2D eigenvalue weighted by Crippen LogP contribution is 2.49. The number of likely N-dealkylation sites (tertiary alicyclic amines) is 1. The molecule has 2 fully saturated rings. The van der Waals surface area contributed by atoms with Gasteiger partial charge in [-0.2, -0.15) is 10.1 Å². The van der Waals surface area contributed by atoms with E-state index in [1.807, 2.05) is 6.92 Å². The third-order valence-corrected chi connectivity index (χ3v) is 5.63. The van der Waals surface area contributed by atoms with Crippen molar-refractivity contribution in [3.63, 3.8) is 0 Å². The van der Waals surface area contributed by atoms with Gasteiger partial charge >= 0.3 is 0 Å². The summed E-state index contributed by atoms with van der Waals surface area (Å²) in [4.78, 5) is 7.13. The Morgan fingerprint density at radius 3 is 2.87 bits per heavy atom. The van der Waals surface area contributed by atoms with Gasteiger partial charge in [0.25, 0.3) is 0 Å². The molecule has 0 aromatic carbocycles. The minimum Gasteiger partial charge on any atom is -0.339 e. The molecule has 0 spiro atoms. The Labute approximate surface area is 136 Å². The lowest BCUT2D eigenvalue weighted by atomic mass is 9.80. The lowest BCUT2D eigenvalue weighted by molar-refractivity contribution is 0.242. The first kappa shape index (κ1) is 14.9. The van der Waals surface area contributed by atoms with Crippen molar-refractivity contribution in [3.8, 4) is 0 Å². The van der Waals surface area contributed by atoms with Crippen LogP contribution in [0.2, 0.25) is 0 Å². The maximum Gasteiger partial charge on any atom is 0.234 e. The van der Waals surface area contributed by atoms with Crippen molar-refractivity contribution in [3.05, 3.63) is 29.2 Å². The van der Waals surface area contributed by atoms with Gasteiger partial charge in [-0.3, -0.25) is 4.68 Å².